The van der Waals surface area contributed by atoms with Gasteiger partial charge in [-0.25, -0.2) is 0 Å². The summed E-state index contributed by atoms with van der Waals surface area (Å²) in [4.78, 5) is 29.8. The number of carbonyl (C=O) groups excluding carboxylic acids is 2. The molecule has 2 aliphatic rings. The van der Waals surface area contributed by atoms with Gasteiger partial charge in [-0.2, -0.15) is 0 Å². The Bertz CT molecular complexity index is 1160. The molecule has 2 N–H and O–H groups in total. The summed E-state index contributed by atoms with van der Waals surface area (Å²) in [7, 11) is 0. The number of amides is 2. The molecular weight excluding hydrogens is 378 g/mol. The lowest BCUT2D eigenvalue weighted by Crippen LogP contribution is -2.50. The van der Waals surface area contributed by atoms with Crippen molar-refractivity contribution in [3.05, 3.63) is 94.3 Å². The van der Waals surface area contributed by atoms with E-state index >= 15 is 0 Å². The minimum atomic E-state index is -0.799. The molecule has 6 heteroatoms. The van der Waals surface area contributed by atoms with Crippen LogP contribution < -0.4 is 15.4 Å². The molecule has 0 saturated heterocycles. The van der Waals surface area contributed by atoms with E-state index in [1.54, 1.807) is 24.4 Å². The standard InChI is InChI=1S/C24H21N3O3/c1-15-4-7-18(8-5-15)24(10-12-30-20-3-2-11-25-21(20)24)27-22(28)16-6-9-19-17(13-16)14-26-23(19)29/h2-9,11,13H,10,12,14H2,1H3,(H,26,29)(H,27,28). The van der Waals surface area contributed by atoms with Crippen molar-refractivity contribution in [1.82, 2.24) is 15.6 Å². The molecule has 0 spiro atoms. The number of carbonyl (C=O) groups is 2. The van der Waals surface area contributed by atoms with Gasteiger partial charge in [0.25, 0.3) is 11.8 Å². The molecule has 0 radical (unpaired) electrons. The molecule has 5 rings (SSSR count). The van der Waals surface area contributed by atoms with Crippen molar-refractivity contribution in [3.63, 3.8) is 0 Å². The second-order valence-corrected chi connectivity index (χ2v) is 7.73. The van der Waals surface area contributed by atoms with E-state index in [-0.39, 0.29) is 11.8 Å². The van der Waals surface area contributed by atoms with Crippen LogP contribution in [0.4, 0.5) is 0 Å². The summed E-state index contributed by atoms with van der Waals surface area (Å²) in [5, 5.41) is 6.04. The zero-order valence-corrected chi connectivity index (χ0v) is 16.6. The van der Waals surface area contributed by atoms with Crippen LogP contribution in [-0.2, 0) is 12.1 Å². The van der Waals surface area contributed by atoms with Crippen LogP contribution in [-0.4, -0.2) is 23.4 Å². The van der Waals surface area contributed by atoms with Crippen LogP contribution in [0, 0.1) is 6.92 Å². The number of nitrogens with one attached hydrogen (secondary N) is 2. The summed E-state index contributed by atoms with van der Waals surface area (Å²) >= 11 is 0. The van der Waals surface area contributed by atoms with Crippen LogP contribution in [0.25, 0.3) is 0 Å². The molecule has 3 heterocycles. The third kappa shape index (κ3) is 2.92. The fourth-order valence-corrected chi connectivity index (χ4v) is 4.21. The van der Waals surface area contributed by atoms with Crippen LogP contribution in [0.2, 0.25) is 0 Å². The number of ether oxygens (including phenoxy) is 1. The molecule has 0 saturated carbocycles. The number of aryl methyl sites for hydroxylation is 1. The Hall–Kier alpha value is -3.67. The molecule has 2 amide bonds. The first-order chi connectivity index (χ1) is 14.6. The van der Waals surface area contributed by atoms with Crippen LogP contribution in [0.15, 0.2) is 60.8 Å². The molecule has 2 aliphatic heterocycles. The third-order valence-corrected chi connectivity index (χ3v) is 5.83. The maximum Gasteiger partial charge on any atom is 0.252 e. The van der Waals surface area contributed by atoms with E-state index in [2.05, 4.69) is 15.6 Å². The second-order valence-electron chi connectivity index (χ2n) is 7.73. The largest absolute Gasteiger partial charge is 0.491 e. The first kappa shape index (κ1) is 18.4. The normalized spacial score (nSPS) is 19.3. The minimum absolute atomic E-state index is 0.101. The SMILES string of the molecule is Cc1ccc(C2(NC(=O)c3ccc4c(c3)CNC4=O)CCOc3cccnc32)cc1. The fraction of sp³-hybridized carbons (Fsp3) is 0.208. The average molecular weight is 399 g/mol. The minimum Gasteiger partial charge on any atom is -0.491 e. The lowest BCUT2D eigenvalue weighted by molar-refractivity contribution is 0.0882. The summed E-state index contributed by atoms with van der Waals surface area (Å²) in [5.41, 5.74) is 3.98. The van der Waals surface area contributed by atoms with Crippen LogP contribution >= 0.6 is 0 Å². The molecule has 1 unspecified atom stereocenters. The second kappa shape index (κ2) is 6.99. The van der Waals surface area contributed by atoms with Crippen molar-refractivity contribution >= 4 is 11.8 Å². The van der Waals surface area contributed by atoms with Crippen LogP contribution in [0.3, 0.4) is 0 Å². The Labute approximate surface area is 174 Å². The van der Waals surface area contributed by atoms with Crippen molar-refractivity contribution in [2.24, 2.45) is 0 Å². The van der Waals surface area contributed by atoms with Crippen LogP contribution in [0.1, 0.15) is 49.5 Å². The number of pyridine rings is 1. The summed E-state index contributed by atoms with van der Waals surface area (Å²) < 4.78 is 5.82. The fourth-order valence-electron chi connectivity index (χ4n) is 4.21. The van der Waals surface area contributed by atoms with E-state index in [4.69, 9.17) is 4.74 Å². The number of fused-ring (bicyclic) bond motifs is 2. The van der Waals surface area contributed by atoms with Crippen molar-refractivity contribution in [3.8, 4) is 5.75 Å². The Balaban J connectivity index is 1.58. The summed E-state index contributed by atoms with van der Waals surface area (Å²) in [5.74, 6) is 0.361. The van der Waals surface area contributed by atoms with E-state index in [0.29, 0.717) is 42.1 Å². The number of hydrogen-bond acceptors (Lipinski definition) is 4. The van der Waals surface area contributed by atoms with Crippen molar-refractivity contribution in [2.45, 2.75) is 25.4 Å². The lowest BCUT2D eigenvalue weighted by Gasteiger charge is -2.39. The molecule has 150 valence electrons. The highest BCUT2D eigenvalue weighted by molar-refractivity contribution is 6.01. The maximum absolute atomic E-state index is 13.4. The molecule has 0 bridgehead atoms. The monoisotopic (exact) mass is 399 g/mol. The number of benzene rings is 2. The molecule has 1 atom stereocenters. The van der Waals surface area contributed by atoms with Gasteiger partial charge in [-0.15, -0.1) is 0 Å². The quantitative estimate of drug-likeness (QED) is 0.709. The summed E-state index contributed by atoms with van der Waals surface area (Å²) in [6, 6.07) is 17.0. The molecule has 3 aromatic rings. The highest BCUT2D eigenvalue weighted by Gasteiger charge is 2.42. The number of nitrogens with zero attached hydrogens (tertiary/aromatic N) is 1. The van der Waals surface area contributed by atoms with Crippen molar-refractivity contribution in [2.75, 3.05) is 6.61 Å². The van der Waals surface area contributed by atoms with E-state index in [1.165, 1.54) is 0 Å². The van der Waals surface area contributed by atoms with Gasteiger partial charge in [0.2, 0.25) is 0 Å². The molecule has 1 aromatic heterocycles. The predicted molar refractivity (Wildman–Crippen MR) is 111 cm³/mol. The van der Waals surface area contributed by atoms with Gasteiger partial charge in [-0.1, -0.05) is 29.8 Å². The van der Waals surface area contributed by atoms with Crippen molar-refractivity contribution in [1.29, 1.82) is 0 Å². The third-order valence-electron chi connectivity index (χ3n) is 5.83. The number of rotatable bonds is 3. The maximum atomic E-state index is 13.4. The smallest absolute Gasteiger partial charge is 0.252 e. The van der Waals surface area contributed by atoms with E-state index in [1.807, 2.05) is 43.3 Å². The first-order valence-electron chi connectivity index (χ1n) is 9.96. The Morgan fingerprint density at radius 2 is 2.00 bits per heavy atom. The average Bonchev–Trinajstić information content (AvgIpc) is 3.14. The molecule has 2 aromatic carbocycles. The Morgan fingerprint density at radius 3 is 2.83 bits per heavy atom. The summed E-state index contributed by atoms with van der Waals surface area (Å²) in [6.07, 6.45) is 2.28. The lowest BCUT2D eigenvalue weighted by atomic mass is 9.81. The topological polar surface area (TPSA) is 80.3 Å². The molecular formula is C24H21N3O3. The van der Waals surface area contributed by atoms with Gasteiger partial charge in [-0.3, -0.25) is 14.6 Å². The predicted octanol–water partition coefficient (Wildman–Crippen LogP) is 3.09. The zero-order chi connectivity index (χ0) is 20.7. The Kier molecular flexibility index (Phi) is 4.28. The van der Waals surface area contributed by atoms with Gasteiger partial charge in [0, 0.05) is 30.3 Å². The molecule has 6 nitrogen and oxygen atoms in total. The van der Waals surface area contributed by atoms with E-state index in [0.717, 1.165) is 16.7 Å². The number of hydrogen-bond donors (Lipinski definition) is 2. The van der Waals surface area contributed by atoms with Gasteiger partial charge in [0.15, 0.2) is 0 Å². The van der Waals surface area contributed by atoms with Gasteiger partial charge < -0.3 is 15.4 Å². The molecule has 0 fully saturated rings. The van der Waals surface area contributed by atoms with Crippen LogP contribution in [0.5, 0.6) is 5.75 Å². The highest BCUT2D eigenvalue weighted by Crippen LogP contribution is 2.40. The zero-order valence-electron chi connectivity index (χ0n) is 16.6. The summed E-state index contributed by atoms with van der Waals surface area (Å²) in [6.45, 7) is 2.94. The first-order valence-corrected chi connectivity index (χ1v) is 9.96. The van der Waals surface area contributed by atoms with Crippen molar-refractivity contribution < 1.29 is 14.3 Å². The Morgan fingerprint density at radius 1 is 1.17 bits per heavy atom. The van der Waals surface area contributed by atoms with Gasteiger partial charge in [0.05, 0.1) is 6.61 Å². The van der Waals surface area contributed by atoms with Gasteiger partial charge in [-0.05, 0) is 48.4 Å². The van der Waals surface area contributed by atoms with E-state index < -0.39 is 5.54 Å². The van der Waals surface area contributed by atoms with Gasteiger partial charge >= 0.3 is 0 Å². The van der Waals surface area contributed by atoms with E-state index in [9.17, 15) is 9.59 Å². The highest BCUT2D eigenvalue weighted by atomic mass is 16.5. The number of aromatic nitrogens is 1. The molecule has 0 aliphatic carbocycles. The molecule has 30 heavy (non-hydrogen) atoms. The van der Waals surface area contributed by atoms with Gasteiger partial charge in [0.1, 0.15) is 17.0 Å².